The monoisotopic (exact) mass is 345 g/mol. The first-order valence-corrected chi connectivity index (χ1v) is 9.24. The number of nitrogens with zero attached hydrogens (tertiary/aromatic N) is 1. The van der Waals surface area contributed by atoms with Crippen molar-refractivity contribution in [1.82, 2.24) is 0 Å². The molecule has 138 valence electrons. The van der Waals surface area contributed by atoms with Crippen molar-refractivity contribution in [3.63, 3.8) is 0 Å². The van der Waals surface area contributed by atoms with Crippen LogP contribution < -0.4 is 4.90 Å². The van der Waals surface area contributed by atoms with Crippen molar-refractivity contribution in [2.45, 2.75) is 70.8 Å². The van der Waals surface area contributed by atoms with Gasteiger partial charge in [0.25, 0.3) is 0 Å². The fourth-order valence-corrected chi connectivity index (χ4v) is 3.89. The maximum absolute atomic E-state index is 12.7. The molecule has 0 saturated heterocycles. The van der Waals surface area contributed by atoms with E-state index in [4.69, 9.17) is 4.74 Å². The lowest BCUT2D eigenvalue weighted by Gasteiger charge is -2.40. The van der Waals surface area contributed by atoms with E-state index in [2.05, 4.69) is 39.0 Å². The summed E-state index contributed by atoms with van der Waals surface area (Å²) in [6.07, 6.45) is 1.66. The number of ether oxygens (including phenoxy) is 1. The van der Waals surface area contributed by atoms with Gasteiger partial charge in [-0.2, -0.15) is 0 Å². The molecule has 1 aromatic carbocycles. The van der Waals surface area contributed by atoms with Crippen LogP contribution in [0.1, 0.15) is 65.5 Å². The quantitative estimate of drug-likeness (QED) is 0.865. The minimum absolute atomic E-state index is 0.0177. The van der Waals surface area contributed by atoms with Crippen LogP contribution in [0.5, 0.6) is 0 Å². The predicted octanol–water partition coefficient (Wildman–Crippen LogP) is 4.38. The molecule has 0 spiro atoms. The van der Waals surface area contributed by atoms with E-state index >= 15 is 0 Å². The van der Waals surface area contributed by atoms with Crippen LogP contribution in [0.2, 0.25) is 0 Å². The van der Waals surface area contributed by atoms with Crippen LogP contribution in [0.25, 0.3) is 0 Å². The third-order valence-corrected chi connectivity index (χ3v) is 5.88. The second-order valence-electron chi connectivity index (χ2n) is 9.50. The van der Waals surface area contributed by atoms with Crippen LogP contribution in [0.4, 0.5) is 10.5 Å². The first-order chi connectivity index (χ1) is 11.5. The van der Waals surface area contributed by atoms with Crippen molar-refractivity contribution >= 4 is 11.8 Å². The van der Waals surface area contributed by atoms with E-state index in [9.17, 15) is 9.90 Å². The number of hydrogen-bond donors (Lipinski definition) is 1. The van der Waals surface area contributed by atoms with Gasteiger partial charge in [-0.3, -0.25) is 4.90 Å². The van der Waals surface area contributed by atoms with Crippen LogP contribution in [-0.4, -0.2) is 30.0 Å². The molecule has 1 heterocycles. The average molecular weight is 345 g/mol. The van der Waals surface area contributed by atoms with E-state index in [1.807, 2.05) is 20.8 Å². The third-order valence-electron chi connectivity index (χ3n) is 5.88. The number of aliphatic hydroxyl groups is 1. The van der Waals surface area contributed by atoms with Crippen molar-refractivity contribution in [2.24, 2.45) is 5.92 Å². The number of rotatable bonds is 2. The van der Waals surface area contributed by atoms with Crippen molar-refractivity contribution in [1.29, 1.82) is 0 Å². The summed E-state index contributed by atoms with van der Waals surface area (Å²) < 4.78 is 5.60. The lowest BCUT2D eigenvalue weighted by atomic mass is 9.76. The number of anilines is 1. The van der Waals surface area contributed by atoms with Crippen LogP contribution in [0.3, 0.4) is 0 Å². The second kappa shape index (κ2) is 5.73. The molecule has 2 atom stereocenters. The first kappa shape index (κ1) is 18.2. The van der Waals surface area contributed by atoms with Crippen LogP contribution in [0, 0.1) is 5.92 Å². The Kier molecular flexibility index (Phi) is 4.18. The highest BCUT2D eigenvalue weighted by Gasteiger charge is 2.51. The molecule has 0 bridgehead atoms. The van der Waals surface area contributed by atoms with Gasteiger partial charge >= 0.3 is 6.09 Å². The van der Waals surface area contributed by atoms with E-state index < -0.39 is 5.60 Å². The summed E-state index contributed by atoms with van der Waals surface area (Å²) in [5, 5.41) is 9.50. The maximum atomic E-state index is 12.7. The second-order valence-corrected chi connectivity index (χ2v) is 9.50. The van der Waals surface area contributed by atoms with Crippen LogP contribution in [0.15, 0.2) is 18.2 Å². The Balaban J connectivity index is 1.97. The molecule has 0 radical (unpaired) electrons. The normalized spacial score (nSPS) is 27.6. The number of benzene rings is 1. The molecule has 2 unspecified atom stereocenters. The smallest absolute Gasteiger partial charge is 0.414 e. The molecule has 1 saturated carbocycles. The van der Waals surface area contributed by atoms with Gasteiger partial charge in [0.1, 0.15) is 5.60 Å². The van der Waals surface area contributed by atoms with Crippen molar-refractivity contribution in [3.8, 4) is 0 Å². The zero-order valence-corrected chi connectivity index (χ0v) is 16.3. The van der Waals surface area contributed by atoms with Crippen LogP contribution in [-0.2, 0) is 15.6 Å². The van der Waals surface area contributed by atoms with Gasteiger partial charge in [-0.1, -0.05) is 32.9 Å². The lowest BCUT2D eigenvalue weighted by molar-refractivity contribution is 0.0574. The summed E-state index contributed by atoms with van der Waals surface area (Å²) in [7, 11) is 0. The molecule has 2 aliphatic rings. The third kappa shape index (κ3) is 3.29. The number of aliphatic hydroxyl groups excluding tert-OH is 1. The molecule has 0 aromatic heterocycles. The first-order valence-electron chi connectivity index (χ1n) is 9.24. The van der Waals surface area contributed by atoms with Crippen molar-refractivity contribution < 1.29 is 14.6 Å². The molecular formula is C21H31NO3. The Morgan fingerprint density at radius 1 is 1.32 bits per heavy atom. The summed E-state index contributed by atoms with van der Waals surface area (Å²) in [5.74, 6) is 0.346. The van der Waals surface area contributed by atoms with Crippen molar-refractivity contribution in [2.75, 3.05) is 18.1 Å². The Bertz CT molecular complexity index is 689. The fourth-order valence-electron chi connectivity index (χ4n) is 3.89. The molecule has 1 aromatic rings. The van der Waals surface area contributed by atoms with Gasteiger partial charge in [0.05, 0.1) is 5.69 Å². The summed E-state index contributed by atoms with van der Waals surface area (Å²) >= 11 is 0. The molecule has 25 heavy (non-hydrogen) atoms. The number of amides is 1. The minimum atomic E-state index is -0.500. The summed E-state index contributed by atoms with van der Waals surface area (Å²) in [6.45, 7) is 13.3. The van der Waals surface area contributed by atoms with Gasteiger partial charge in [-0.25, -0.2) is 4.79 Å². The van der Waals surface area contributed by atoms with Gasteiger partial charge < -0.3 is 9.84 Å². The van der Waals surface area contributed by atoms with E-state index in [-0.39, 0.29) is 23.5 Å². The largest absolute Gasteiger partial charge is 0.443 e. The van der Waals surface area contributed by atoms with Crippen molar-refractivity contribution in [3.05, 3.63) is 29.3 Å². The Hall–Kier alpha value is -1.55. The summed E-state index contributed by atoms with van der Waals surface area (Å²) in [4.78, 5) is 14.4. The van der Waals surface area contributed by atoms with Gasteiger partial charge in [0.2, 0.25) is 0 Å². The summed E-state index contributed by atoms with van der Waals surface area (Å²) in [5.41, 5.74) is 3.01. The predicted molar refractivity (Wildman–Crippen MR) is 100 cm³/mol. The Morgan fingerprint density at radius 3 is 2.56 bits per heavy atom. The zero-order valence-electron chi connectivity index (χ0n) is 16.3. The number of fused-ring (bicyclic) bond motifs is 1. The highest BCUT2D eigenvalue weighted by molar-refractivity contribution is 5.90. The maximum Gasteiger partial charge on any atom is 0.414 e. The minimum Gasteiger partial charge on any atom is -0.443 e. The van der Waals surface area contributed by atoms with E-state index in [1.165, 1.54) is 11.1 Å². The molecular weight excluding hydrogens is 314 g/mol. The van der Waals surface area contributed by atoms with E-state index in [1.54, 1.807) is 4.90 Å². The molecule has 1 amide bonds. The van der Waals surface area contributed by atoms with E-state index in [0.717, 1.165) is 18.5 Å². The Morgan fingerprint density at radius 2 is 2.00 bits per heavy atom. The highest BCUT2D eigenvalue weighted by Crippen LogP contribution is 2.55. The molecule has 1 fully saturated rings. The SMILES string of the molecule is CC(C)(C)OC(=O)N1CCC(C)(C)c2cc(C3(C)CC3CO)ccc21. The van der Waals surface area contributed by atoms with Crippen LogP contribution >= 0.6 is 0 Å². The zero-order chi connectivity index (χ0) is 18.6. The molecule has 3 rings (SSSR count). The topological polar surface area (TPSA) is 49.8 Å². The lowest BCUT2D eigenvalue weighted by Crippen LogP contribution is -2.43. The molecule has 1 N–H and O–H groups in total. The molecule has 1 aliphatic carbocycles. The van der Waals surface area contributed by atoms with E-state index in [0.29, 0.717) is 12.5 Å². The standard InChI is InChI=1S/C21H31NO3/c1-19(2,3)25-18(24)22-10-9-20(4,5)16-11-14(7-8-17(16)22)21(6)12-15(21)13-23/h7-8,11,15,23H,9-10,12-13H2,1-6H3. The Labute approximate surface area is 151 Å². The number of carbonyl (C=O) groups excluding carboxylic acids is 1. The summed E-state index contributed by atoms with van der Waals surface area (Å²) in [6, 6.07) is 6.43. The van der Waals surface area contributed by atoms with Gasteiger partial charge in [-0.15, -0.1) is 0 Å². The molecule has 4 nitrogen and oxygen atoms in total. The van der Waals surface area contributed by atoms with Gasteiger partial charge in [0, 0.05) is 13.2 Å². The fraction of sp³-hybridized carbons (Fsp3) is 0.667. The number of hydrogen-bond acceptors (Lipinski definition) is 3. The molecule has 4 heteroatoms. The average Bonchev–Trinajstić information content (AvgIpc) is 3.17. The number of carbonyl (C=O) groups is 1. The van der Waals surface area contributed by atoms with Gasteiger partial charge in [-0.05, 0) is 67.6 Å². The molecule has 1 aliphatic heterocycles. The van der Waals surface area contributed by atoms with Gasteiger partial charge in [0.15, 0.2) is 0 Å². The highest BCUT2D eigenvalue weighted by atomic mass is 16.6.